The lowest BCUT2D eigenvalue weighted by Gasteiger charge is -2.18. The van der Waals surface area contributed by atoms with E-state index >= 15 is 0 Å². The fourth-order valence-corrected chi connectivity index (χ4v) is 3.30. The number of hydrogen-bond donors (Lipinski definition) is 0. The Bertz CT molecular complexity index is 629. The Kier molecular flexibility index (Phi) is 3.85. The minimum atomic E-state index is -3.95. The van der Waals surface area contributed by atoms with E-state index in [-0.39, 0.29) is 17.4 Å². The molecule has 2 rings (SSSR count). The average molecular weight is 375 g/mol. The molecule has 0 spiro atoms. The summed E-state index contributed by atoms with van der Waals surface area (Å²) in [7, 11) is 1.21. The Labute approximate surface area is 120 Å². The van der Waals surface area contributed by atoms with Gasteiger partial charge in [-0.15, -0.1) is 0 Å². The van der Waals surface area contributed by atoms with E-state index in [2.05, 4.69) is 15.9 Å². The van der Waals surface area contributed by atoms with E-state index in [4.69, 9.17) is 10.7 Å². The second kappa shape index (κ2) is 4.99. The summed E-state index contributed by atoms with van der Waals surface area (Å²) in [6, 6.07) is 1.99. The molecule has 4 nitrogen and oxygen atoms in total. The molecule has 19 heavy (non-hydrogen) atoms. The second-order valence-corrected chi connectivity index (χ2v) is 7.85. The minimum absolute atomic E-state index is 0.180. The SMILES string of the molecule is O=C1CC(S(=O)(=O)Cl)CN1c1c(F)cc(Br)cc1F. The van der Waals surface area contributed by atoms with Crippen molar-refractivity contribution in [3.8, 4) is 0 Å². The smallest absolute Gasteiger partial charge is 0.237 e. The van der Waals surface area contributed by atoms with Crippen LogP contribution in [0.3, 0.4) is 0 Å². The lowest BCUT2D eigenvalue weighted by Crippen LogP contribution is -2.28. The zero-order valence-corrected chi connectivity index (χ0v) is 12.4. The van der Waals surface area contributed by atoms with Gasteiger partial charge in [0.2, 0.25) is 15.0 Å². The third-order valence-corrected chi connectivity index (χ3v) is 5.07. The third-order valence-electron chi connectivity index (χ3n) is 2.74. The molecule has 104 valence electrons. The third kappa shape index (κ3) is 2.90. The van der Waals surface area contributed by atoms with Gasteiger partial charge in [0.25, 0.3) is 0 Å². The van der Waals surface area contributed by atoms with Gasteiger partial charge >= 0.3 is 0 Å². The molecule has 1 amide bonds. The largest absolute Gasteiger partial charge is 0.306 e. The molecule has 1 fully saturated rings. The van der Waals surface area contributed by atoms with Crippen molar-refractivity contribution in [3.63, 3.8) is 0 Å². The number of rotatable bonds is 2. The number of anilines is 1. The summed E-state index contributed by atoms with van der Waals surface area (Å²) in [5.41, 5.74) is -0.559. The molecule has 0 saturated carbocycles. The minimum Gasteiger partial charge on any atom is -0.306 e. The van der Waals surface area contributed by atoms with Crippen molar-refractivity contribution in [2.75, 3.05) is 11.4 Å². The maximum atomic E-state index is 13.7. The maximum Gasteiger partial charge on any atom is 0.237 e. The van der Waals surface area contributed by atoms with Crippen LogP contribution < -0.4 is 4.90 Å². The van der Waals surface area contributed by atoms with E-state index in [1.54, 1.807) is 0 Å². The van der Waals surface area contributed by atoms with Crippen molar-refractivity contribution >= 4 is 47.3 Å². The van der Waals surface area contributed by atoms with Crippen LogP contribution >= 0.6 is 26.6 Å². The molecule has 0 N–H and O–H groups in total. The molecule has 0 radical (unpaired) electrons. The summed E-state index contributed by atoms with van der Waals surface area (Å²) >= 11 is 2.91. The van der Waals surface area contributed by atoms with Gasteiger partial charge < -0.3 is 4.90 Å². The quantitative estimate of drug-likeness (QED) is 0.747. The molecule has 0 aromatic heterocycles. The predicted octanol–water partition coefficient (Wildman–Crippen LogP) is 2.40. The molecule has 1 aromatic carbocycles. The zero-order valence-electron chi connectivity index (χ0n) is 9.24. The van der Waals surface area contributed by atoms with E-state index in [0.29, 0.717) is 0 Å². The van der Waals surface area contributed by atoms with Gasteiger partial charge in [-0.1, -0.05) is 15.9 Å². The van der Waals surface area contributed by atoms with Crippen molar-refractivity contribution in [2.45, 2.75) is 11.7 Å². The van der Waals surface area contributed by atoms with E-state index in [0.717, 1.165) is 17.0 Å². The van der Waals surface area contributed by atoms with Crippen LogP contribution in [0.15, 0.2) is 16.6 Å². The van der Waals surface area contributed by atoms with Crippen LogP contribution in [0.25, 0.3) is 0 Å². The first-order chi connectivity index (χ1) is 8.70. The standard InChI is InChI=1S/C10H7BrClF2NO3S/c11-5-1-7(13)10(8(14)2-5)15-4-6(3-9(15)16)19(12,17)18/h1-2,6H,3-4H2. The highest BCUT2D eigenvalue weighted by Gasteiger charge is 2.39. The highest BCUT2D eigenvalue weighted by atomic mass is 79.9. The van der Waals surface area contributed by atoms with Gasteiger partial charge in [-0.05, 0) is 12.1 Å². The van der Waals surface area contributed by atoms with E-state index in [9.17, 15) is 22.0 Å². The van der Waals surface area contributed by atoms with Crippen molar-refractivity contribution in [3.05, 3.63) is 28.2 Å². The van der Waals surface area contributed by atoms with Crippen molar-refractivity contribution in [1.29, 1.82) is 0 Å². The maximum absolute atomic E-state index is 13.7. The number of carbonyl (C=O) groups excluding carboxylic acids is 1. The zero-order chi connectivity index (χ0) is 14.4. The summed E-state index contributed by atoms with van der Waals surface area (Å²) in [5, 5.41) is -1.16. The van der Waals surface area contributed by atoms with E-state index in [1.807, 2.05) is 0 Å². The van der Waals surface area contributed by atoms with Gasteiger partial charge in [0.05, 0.1) is 0 Å². The molecule has 9 heteroatoms. The highest BCUT2D eigenvalue weighted by molar-refractivity contribution is 9.10. The van der Waals surface area contributed by atoms with E-state index in [1.165, 1.54) is 0 Å². The fraction of sp³-hybridized carbons (Fsp3) is 0.300. The Balaban J connectivity index is 2.42. The van der Waals surface area contributed by atoms with Crippen LogP contribution in [-0.4, -0.2) is 26.1 Å². The van der Waals surface area contributed by atoms with Crippen LogP contribution in [0, 0.1) is 11.6 Å². The molecule has 1 atom stereocenters. The van der Waals surface area contributed by atoms with Crippen LogP contribution in [-0.2, 0) is 13.8 Å². The Morgan fingerprint density at radius 1 is 1.32 bits per heavy atom. The first kappa shape index (κ1) is 14.7. The molecule has 1 saturated heterocycles. The van der Waals surface area contributed by atoms with Crippen molar-refractivity contribution < 1.29 is 22.0 Å². The number of benzene rings is 1. The number of nitrogens with zero attached hydrogens (tertiary/aromatic N) is 1. The van der Waals surface area contributed by atoms with Gasteiger partial charge in [0.15, 0.2) is 11.6 Å². The molecule has 1 aromatic rings. The van der Waals surface area contributed by atoms with Gasteiger partial charge in [-0.25, -0.2) is 17.2 Å². The summed E-state index contributed by atoms with van der Waals surface area (Å²) in [6.45, 7) is -0.361. The van der Waals surface area contributed by atoms with Crippen molar-refractivity contribution in [1.82, 2.24) is 0 Å². The first-order valence-corrected chi connectivity index (χ1v) is 8.25. The van der Waals surface area contributed by atoms with Gasteiger partial charge in [0, 0.05) is 28.1 Å². The molecular formula is C10H7BrClF2NO3S. The van der Waals surface area contributed by atoms with Crippen LogP contribution in [0.4, 0.5) is 14.5 Å². The monoisotopic (exact) mass is 373 g/mol. The molecule has 0 bridgehead atoms. The predicted molar refractivity (Wildman–Crippen MR) is 69.6 cm³/mol. The lowest BCUT2D eigenvalue weighted by atomic mass is 10.2. The van der Waals surface area contributed by atoms with Gasteiger partial charge in [-0.2, -0.15) is 0 Å². The Morgan fingerprint density at radius 3 is 2.26 bits per heavy atom. The number of halogens is 4. The normalized spacial score (nSPS) is 20.1. The average Bonchev–Trinajstić information content (AvgIpc) is 2.59. The summed E-state index contributed by atoms with van der Waals surface area (Å²) in [5.74, 6) is -2.59. The lowest BCUT2D eigenvalue weighted by molar-refractivity contribution is -0.117. The number of hydrogen-bond acceptors (Lipinski definition) is 3. The fourth-order valence-electron chi connectivity index (χ4n) is 1.87. The van der Waals surface area contributed by atoms with Gasteiger partial charge in [-0.3, -0.25) is 4.79 Å². The number of amides is 1. The molecule has 1 aliphatic heterocycles. The van der Waals surface area contributed by atoms with Crippen LogP contribution in [0.5, 0.6) is 0 Å². The summed E-state index contributed by atoms with van der Waals surface area (Å²) in [6.07, 6.45) is -0.388. The molecular weight excluding hydrogens is 368 g/mol. The van der Waals surface area contributed by atoms with Crippen LogP contribution in [0.1, 0.15) is 6.42 Å². The highest BCUT2D eigenvalue weighted by Crippen LogP contribution is 2.32. The summed E-state index contributed by atoms with van der Waals surface area (Å²) < 4.78 is 50.0. The van der Waals surface area contributed by atoms with E-state index < -0.39 is 37.5 Å². The summed E-state index contributed by atoms with van der Waals surface area (Å²) in [4.78, 5) is 12.4. The second-order valence-electron chi connectivity index (χ2n) is 4.02. The first-order valence-electron chi connectivity index (χ1n) is 5.08. The molecule has 0 aliphatic carbocycles. The topological polar surface area (TPSA) is 54.5 Å². The Morgan fingerprint density at radius 2 is 1.84 bits per heavy atom. The van der Waals surface area contributed by atoms with Crippen LogP contribution in [0.2, 0.25) is 0 Å². The molecule has 1 aliphatic rings. The van der Waals surface area contributed by atoms with Gasteiger partial charge in [0.1, 0.15) is 10.9 Å². The molecule has 1 unspecified atom stereocenters. The number of carbonyl (C=O) groups is 1. The Hall–Kier alpha value is -0.730. The molecule has 1 heterocycles. The van der Waals surface area contributed by atoms with Crippen molar-refractivity contribution in [2.24, 2.45) is 0 Å².